The quantitative estimate of drug-likeness (QED) is 0.595. The van der Waals surface area contributed by atoms with Crippen LogP contribution in [0.5, 0.6) is 0 Å². The summed E-state index contributed by atoms with van der Waals surface area (Å²) < 4.78 is 27.6. The van der Waals surface area contributed by atoms with Gasteiger partial charge >= 0.3 is 0 Å². The number of aryl methyl sites for hydroxylation is 1. The van der Waals surface area contributed by atoms with Crippen molar-refractivity contribution in [1.29, 1.82) is 0 Å². The summed E-state index contributed by atoms with van der Waals surface area (Å²) in [5.74, 6) is 0.639. The lowest BCUT2D eigenvalue weighted by molar-refractivity contribution is 0.601. The first-order chi connectivity index (χ1) is 13.3. The van der Waals surface area contributed by atoms with Gasteiger partial charge < -0.3 is 5.32 Å². The third-order valence-corrected chi connectivity index (χ3v) is 5.85. The third kappa shape index (κ3) is 5.10. The summed E-state index contributed by atoms with van der Waals surface area (Å²) in [5, 5.41) is 3.28. The molecule has 0 bridgehead atoms. The van der Waals surface area contributed by atoms with Crippen LogP contribution < -0.4 is 10.0 Å². The Hall–Kier alpha value is -2.86. The van der Waals surface area contributed by atoms with E-state index in [0.29, 0.717) is 12.5 Å². The van der Waals surface area contributed by atoms with Gasteiger partial charge in [0.15, 0.2) is 0 Å². The maximum absolute atomic E-state index is 12.5. The maximum Gasteiger partial charge on any atom is 0.263 e. The molecule has 2 N–H and O–H groups in total. The fourth-order valence-electron chi connectivity index (χ4n) is 2.70. The lowest BCUT2D eigenvalue weighted by Crippen LogP contribution is -2.14. The van der Waals surface area contributed by atoms with Crippen LogP contribution in [0.4, 0.5) is 11.5 Å². The van der Waals surface area contributed by atoms with Crippen LogP contribution in [-0.2, 0) is 16.6 Å². The average Bonchev–Trinajstić information content (AvgIpc) is 2.68. The third-order valence-electron chi connectivity index (χ3n) is 4.48. The van der Waals surface area contributed by atoms with Crippen molar-refractivity contribution in [2.45, 2.75) is 38.1 Å². The molecule has 0 atom stereocenters. The van der Waals surface area contributed by atoms with Gasteiger partial charge in [0.1, 0.15) is 5.82 Å². The Labute approximate surface area is 166 Å². The molecule has 3 rings (SSSR count). The first kappa shape index (κ1) is 19.9. The van der Waals surface area contributed by atoms with E-state index < -0.39 is 10.0 Å². The van der Waals surface area contributed by atoms with E-state index in [-0.39, 0.29) is 10.7 Å². The standard InChI is InChI=1S/C22H25N3O2S/c1-16(2)19-8-11-21(12-9-19)28(26,27)25-22-13-10-20(15-24-22)23-14-18-6-4-17(3)5-7-18/h4-13,15-16,23H,14H2,1-3H3,(H,24,25). The number of sulfonamides is 1. The number of pyridine rings is 1. The molecule has 0 unspecified atom stereocenters. The van der Waals surface area contributed by atoms with Crippen molar-refractivity contribution in [3.63, 3.8) is 0 Å². The van der Waals surface area contributed by atoms with Crippen LogP contribution in [0.15, 0.2) is 71.8 Å². The Kier molecular flexibility index (Phi) is 5.99. The predicted octanol–water partition coefficient (Wildman–Crippen LogP) is 4.93. The summed E-state index contributed by atoms with van der Waals surface area (Å²) in [5.41, 5.74) is 4.31. The highest BCUT2D eigenvalue weighted by molar-refractivity contribution is 7.92. The Balaban J connectivity index is 1.63. The van der Waals surface area contributed by atoms with Crippen LogP contribution >= 0.6 is 0 Å². The van der Waals surface area contributed by atoms with E-state index in [9.17, 15) is 8.42 Å². The molecule has 5 nitrogen and oxygen atoms in total. The van der Waals surface area contributed by atoms with E-state index in [1.54, 1.807) is 30.5 Å². The number of hydrogen-bond donors (Lipinski definition) is 2. The zero-order valence-corrected chi connectivity index (χ0v) is 17.1. The van der Waals surface area contributed by atoms with Gasteiger partial charge in [-0.3, -0.25) is 4.72 Å². The van der Waals surface area contributed by atoms with E-state index in [2.05, 4.69) is 60.1 Å². The summed E-state index contributed by atoms with van der Waals surface area (Å²) in [6.45, 7) is 6.87. The smallest absolute Gasteiger partial charge is 0.263 e. The molecule has 0 aliphatic carbocycles. The minimum absolute atomic E-state index is 0.222. The van der Waals surface area contributed by atoms with E-state index in [4.69, 9.17) is 0 Å². The number of nitrogens with zero attached hydrogens (tertiary/aromatic N) is 1. The molecule has 1 heterocycles. The molecule has 0 aliphatic heterocycles. The zero-order valence-electron chi connectivity index (χ0n) is 16.3. The molecular weight excluding hydrogens is 370 g/mol. The van der Waals surface area contributed by atoms with Crippen molar-refractivity contribution in [3.8, 4) is 0 Å². The molecule has 6 heteroatoms. The molecule has 0 saturated carbocycles. The van der Waals surface area contributed by atoms with Gasteiger partial charge in [-0.25, -0.2) is 13.4 Å². The Morgan fingerprint density at radius 2 is 1.61 bits per heavy atom. The molecule has 0 radical (unpaired) electrons. The van der Waals surface area contributed by atoms with Gasteiger partial charge in [0.25, 0.3) is 10.0 Å². The van der Waals surface area contributed by atoms with Crippen LogP contribution in [0.1, 0.15) is 36.5 Å². The first-order valence-electron chi connectivity index (χ1n) is 9.22. The van der Waals surface area contributed by atoms with Crippen LogP contribution in [0.25, 0.3) is 0 Å². The highest BCUT2D eigenvalue weighted by atomic mass is 32.2. The normalized spacial score (nSPS) is 11.4. The van der Waals surface area contributed by atoms with Crippen molar-refractivity contribution in [1.82, 2.24) is 4.98 Å². The number of aromatic nitrogens is 1. The largest absolute Gasteiger partial charge is 0.380 e. The summed E-state index contributed by atoms with van der Waals surface area (Å²) in [6, 6.07) is 18.7. The molecule has 0 spiro atoms. The van der Waals surface area contributed by atoms with Crippen LogP contribution in [0.2, 0.25) is 0 Å². The minimum atomic E-state index is -3.66. The van der Waals surface area contributed by atoms with Crippen molar-refractivity contribution in [2.75, 3.05) is 10.0 Å². The highest BCUT2D eigenvalue weighted by Crippen LogP contribution is 2.20. The highest BCUT2D eigenvalue weighted by Gasteiger charge is 2.15. The van der Waals surface area contributed by atoms with Crippen molar-refractivity contribution in [3.05, 3.63) is 83.6 Å². The monoisotopic (exact) mass is 395 g/mol. The summed E-state index contributed by atoms with van der Waals surface area (Å²) >= 11 is 0. The second-order valence-electron chi connectivity index (χ2n) is 7.10. The molecule has 0 aliphatic rings. The van der Waals surface area contributed by atoms with E-state index >= 15 is 0 Å². The van der Waals surface area contributed by atoms with Crippen molar-refractivity contribution < 1.29 is 8.42 Å². The Bertz CT molecular complexity index is 1010. The average molecular weight is 396 g/mol. The lowest BCUT2D eigenvalue weighted by atomic mass is 10.0. The summed E-state index contributed by atoms with van der Waals surface area (Å²) in [6.07, 6.45) is 1.62. The minimum Gasteiger partial charge on any atom is -0.380 e. The number of anilines is 2. The predicted molar refractivity (Wildman–Crippen MR) is 114 cm³/mol. The van der Waals surface area contributed by atoms with E-state index in [1.165, 1.54) is 11.1 Å². The van der Waals surface area contributed by atoms with Crippen LogP contribution in [0, 0.1) is 6.92 Å². The summed E-state index contributed by atoms with van der Waals surface area (Å²) in [4.78, 5) is 4.43. The topological polar surface area (TPSA) is 71.1 Å². The van der Waals surface area contributed by atoms with Crippen molar-refractivity contribution in [2.24, 2.45) is 0 Å². The van der Waals surface area contributed by atoms with Gasteiger partial charge in [0.2, 0.25) is 0 Å². The second kappa shape index (κ2) is 8.44. The van der Waals surface area contributed by atoms with Crippen molar-refractivity contribution >= 4 is 21.5 Å². The molecule has 28 heavy (non-hydrogen) atoms. The van der Waals surface area contributed by atoms with Gasteiger partial charge in [0.05, 0.1) is 16.8 Å². The molecule has 0 amide bonds. The van der Waals surface area contributed by atoms with Crippen LogP contribution in [0.3, 0.4) is 0 Å². The molecule has 3 aromatic rings. The zero-order chi connectivity index (χ0) is 20.1. The summed E-state index contributed by atoms with van der Waals surface area (Å²) in [7, 11) is -3.66. The van der Waals surface area contributed by atoms with E-state index in [1.807, 2.05) is 12.1 Å². The molecule has 146 valence electrons. The molecule has 0 saturated heterocycles. The van der Waals surface area contributed by atoms with Gasteiger partial charge in [-0.05, 0) is 48.2 Å². The van der Waals surface area contributed by atoms with Crippen LogP contribution in [-0.4, -0.2) is 13.4 Å². The van der Waals surface area contributed by atoms with E-state index in [0.717, 1.165) is 11.3 Å². The lowest BCUT2D eigenvalue weighted by Gasteiger charge is -2.11. The second-order valence-corrected chi connectivity index (χ2v) is 8.78. The van der Waals surface area contributed by atoms with Gasteiger partial charge in [-0.2, -0.15) is 0 Å². The van der Waals surface area contributed by atoms with Gasteiger partial charge in [-0.15, -0.1) is 0 Å². The fourth-order valence-corrected chi connectivity index (χ4v) is 3.71. The SMILES string of the molecule is Cc1ccc(CNc2ccc(NS(=O)(=O)c3ccc(C(C)C)cc3)nc2)cc1. The number of nitrogens with one attached hydrogen (secondary N) is 2. The maximum atomic E-state index is 12.5. The Morgan fingerprint density at radius 1 is 0.929 bits per heavy atom. The first-order valence-corrected chi connectivity index (χ1v) is 10.7. The van der Waals surface area contributed by atoms with Gasteiger partial charge in [0, 0.05) is 6.54 Å². The number of hydrogen-bond acceptors (Lipinski definition) is 4. The molecule has 1 aromatic heterocycles. The molecular formula is C22H25N3O2S. The number of rotatable bonds is 7. The molecule has 2 aromatic carbocycles. The molecule has 0 fully saturated rings. The van der Waals surface area contributed by atoms with Gasteiger partial charge in [-0.1, -0.05) is 55.8 Å². The number of benzene rings is 2. The Morgan fingerprint density at radius 3 is 2.18 bits per heavy atom. The fraction of sp³-hybridized carbons (Fsp3) is 0.227.